The maximum absolute atomic E-state index is 8.94. The summed E-state index contributed by atoms with van der Waals surface area (Å²) in [4.78, 5) is 0. The Morgan fingerprint density at radius 1 is 1.28 bits per heavy atom. The predicted molar refractivity (Wildman–Crippen MR) is 68.3 cm³/mol. The first kappa shape index (κ1) is 11.0. The number of fused-ring (bicyclic) bond motifs is 1. The van der Waals surface area contributed by atoms with E-state index in [0.29, 0.717) is 6.42 Å². The highest BCUT2D eigenvalue weighted by Gasteiger charge is 2.10. The van der Waals surface area contributed by atoms with Crippen molar-refractivity contribution in [1.82, 2.24) is 19.8 Å². The quantitative estimate of drug-likeness (QED) is 0.732. The number of H-pyrrole nitrogens is 1. The van der Waals surface area contributed by atoms with Gasteiger partial charge < -0.3 is 5.11 Å². The Balaban J connectivity index is 2.11. The number of aryl methyl sites for hydroxylation is 1. The molecule has 2 N–H and O–H groups in total. The van der Waals surface area contributed by atoms with Crippen LogP contribution in [0.2, 0.25) is 0 Å². The third kappa shape index (κ3) is 1.78. The molecule has 0 spiro atoms. The molecule has 0 radical (unpaired) electrons. The smallest absolute Gasteiger partial charge is 0.183 e. The van der Waals surface area contributed by atoms with Gasteiger partial charge in [0.1, 0.15) is 0 Å². The van der Waals surface area contributed by atoms with Gasteiger partial charge in [0, 0.05) is 30.4 Å². The maximum Gasteiger partial charge on any atom is 0.183 e. The zero-order valence-corrected chi connectivity index (χ0v) is 10.1. The molecular weight excluding hydrogens is 228 g/mol. The van der Waals surface area contributed by atoms with E-state index >= 15 is 0 Å². The molecule has 0 saturated heterocycles. The van der Waals surface area contributed by atoms with Crippen LogP contribution in [-0.4, -0.2) is 31.5 Å². The van der Waals surface area contributed by atoms with E-state index in [2.05, 4.69) is 21.4 Å². The summed E-state index contributed by atoms with van der Waals surface area (Å²) >= 11 is 0. The van der Waals surface area contributed by atoms with Gasteiger partial charge in [0.2, 0.25) is 0 Å². The Bertz CT molecular complexity index is 683. The van der Waals surface area contributed by atoms with Crippen LogP contribution < -0.4 is 0 Å². The van der Waals surface area contributed by atoms with Crippen molar-refractivity contribution in [2.75, 3.05) is 6.61 Å². The molecule has 0 saturated carbocycles. The molecule has 0 amide bonds. The highest BCUT2D eigenvalue weighted by Crippen LogP contribution is 2.19. The van der Waals surface area contributed by atoms with E-state index in [4.69, 9.17) is 5.11 Å². The topological polar surface area (TPSA) is 66.2 Å². The molecule has 5 nitrogen and oxygen atoms in total. The molecule has 3 rings (SSSR count). The van der Waals surface area contributed by atoms with E-state index in [0.717, 1.165) is 22.7 Å². The molecule has 0 aliphatic rings. The monoisotopic (exact) mass is 242 g/mol. The van der Waals surface area contributed by atoms with Gasteiger partial charge in [-0.05, 0) is 13.0 Å². The second-order valence-electron chi connectivity index (χ2n) is 4.34. The lowest BCUT2D eigenvalue weighted by molar-refractivity contribution is 0.298. The molecule has 0 aliphatic carbocycles. The predicted octanol–water partition coefficient (Wildman–Crippen LogP) is 1.57. The molecule has 0 unspecified atom stereocenters. The van der Waals surface area contributed by atoms with Gasteiger partial charge in [0.25, 0.3) is 0 Å². The average molecular weight is 242 g/mol. The zero-order chi connectivity index (χ0) is 12.5. The molecule has 1 aromatic carbocycles. The van der Waals surface area contributed by atoms with Crippen LogP contribution in [0.25, 0.3) is 17.0 Å². The van der Waals surface area contributed by atoms with Crippen LogP contribution in [0, 0.1) is 6.92 Å². The molecule has 92 valence electrons. The summed E-state index contributed by atoms with van der Waals surface area (Å²) < 4.78 is 1.85. The largest absolute Gasteiger partial charge is 0.396 e. The van der Waals surface area contributed by atoms with Gasteiger partial charge in [-0.3, -0.25) is 5.10 Å². The van der Waals surface area contributed by atoms with Gasteiger partial charge in [0.15, 0.2) is 11.5 Å². The van der Waals surface area contributed by atoms with E-state index in [1.807, 2.05) is 35.7 Å². The molecule has 2 aromatic heterocycles. The maximum atomic E-state index is 8.94. The fraction of sp³-hybridized carbons (Fsp3) is 0.231. The Labute approximate surface area is 104 Å². The number of nitrogens with zero attached hydrogens (tertiary/aromatic N) is 3. The summed E-state index contributed by atoms with van der Waals surface area (Å²) in [6, 6.07) is 10.0. The second-order valence-corrected chi connectivity index (χ2v) is 4.34. The van der Waals surface area contributed by atoms with Crippen LogP contribution in [0.4, 0.5) is 0 Å². The van der Waals surface area contributed by atoms with Crippen LogP contribution in [0.3, 0.4) is 0 Å². The number of rotatable bonds is 3. The molecule has 0 atom stereocenters. The lowest BCUT2D eigenvalue weighted by atomic mass is 10.1. The normalized spacial score (nSPS) is 11.2. The molecule has 0 aliphatic heterocycles. The summed E-state index contributed by atoms with van der Waals surface area (Å²) in [7, 11) is 0. The SMILES string of the molecule is Cc1cccc(-c2nnc3cc(CCO)[nH]n23)c1. The van der Waals surface area contributed by atoms with Crippen molar-refractivity contribution in [3.8, 4) is 11.4 Å². The lowest BCUT2D eigenvalue weighted by Gasteiger charge is -1.99. The number of hydrogen-bond acceptors (Lipinski definition) is 3. The summed E-state index contributed by atoms with van der Waals surface area (Å²) in [5.41, 5.74) is 3.94. The second kappa shape index (κ2) is 4.27. The molecule has 3 aromatic rings. The zero-order valence-electron chi connectivity index (χ0n) is 10.1. The number of aliphatic hydroxyl groups is 1. The van der Waals surface area contributed by atoms with E-state index in [1.165, 1.54) is 5.56 Å². The van der Waals surface area contributed by atoms with E-state index in [9.17, 15) is 0 Å². The van der Waals surface area contributed by atoms with Crippen LogP contribution in [-0.2, 0) is 6.42 Å². The van der Waals surface area contributed by atoms with Gasteiger partial charge in [-0.25, -0.2) is 4.52 Å². The van der Waals surface area contributed by atoms with Crippen LogP contribution in [0.15, 0.2) is 30.3 Å². The lowest BCUT2D eigenvalue weighted by Crippen LogP contribution is -1.95. The fourth-order valence-electron chi connectivity index (χ4n) is 2.05. The number of benzene rings is 1. The van der Waals surface area contributed by atoms with Crippen molar-refractivity contribution < 1.29 is 5.11 Å². The Hall–Kier alpha value is -2.14. The Morgan fingerprint density at radius 2 is 2.17 bits per heavy atom. The minimum absolute atomic E-state index is 0.122. The van der Waals surface area contributed by atoms with E-state index in [1.54, 1.807) is 0 Å². The highest BCUT2D eigenvalue weighted by atomic mass is 16.3. The standard InChI is InChI=1S/C13H14N4O/c1-9-3-2-4-10(7-9)13-15-14-12-8-11(5-6-18)16-17(12)13/h2-4,7-8,16,18H,5-6H2,1H3. The molecule has 18 heavy (non-hydrogen) atoms. The van der Waals surface area contributed by atoms with Crippen molar-refractivity contribution in [2.45, 2.75) is 13.3 Å². The summed E-state index contributed by atoms with van der Waals surface area (Å²) in [6.45, 7) is 2.17. The Kier molecular flexibility index (Phi) is 2.60. The molecule has 0 fully saturated rings. The van der Waals surface area contributed by atoms with Crippen LogP contribution in [0.5, 0.6) is 0 Å². The minimum atomic E-state index is 0.122. The number of aromatic amines is 1. The summed E-state index contributed by atoms with van der Waals surface area (Å²) in [6.07, 6.45) is 0.594. The fourth-order valence-corrected chi connectivity index (χ4v) is 2.05. The summed E-state index contributed by atoms with van der Waals surface area (Å²) in [5, 5.41) is 20.4. The molecule has 2 heterocycles. The summed E-state index contributed by atoms with van der Waals surface area (Å²) in [5.74, 6) is 0.790. The van der Waals surface area contributed by atoms with Crippen molar-refractivity contribution in [2.24, 2.45) is 0 Å². The first-order valence-corrected chi connectivity index (χ1v) is 5.89. The van der Waals surface area contributed by atoms with Crippen molar-refractivity contribution in [1.29, 1.82) is 0 Å². The van der Waals surface area contributed by atoms with E-state index < -0.39 is 0 Å². The van der Waals surface area contributed by atoms with Crippen molar-refractivity contribution in [3.05, 3.63) is 41.6 Å². The molecular formula is C13H14N4O. The molecule has 0 bridgehead atoms. The number of aromatic nitrogens is 4. The Morgan fingerprint density at radius 3 is 2.94 bits per heavy atom. The minimum Gasteiger partial charge on any atom is -0.396 e. The van der Waals surface area contributed by atoms with Gasteiger partial charge in [0.05, 0.1) is 0 Å². The van der Waals surface area contributed by atoms with Crippen molar-refractivity contribution in [3.63, 3.8) is 0 Å². The van der Waals surface area contributed by atoms with Gasteiger partial charge in [-0.15, -0.1) is 10.2 Å². The van der Waals surface area contributed by atoms with Gasteiger partial charge in [-0.2, -0.15) is 0 Å². The van der Waals surface area contributed by atoms with Gasteiger partial charge >= 0.3 is 0 Å². The van der Waals surface area contributed by atoms with Crippen LogP contribution in [0.1, 0.15) is 11.3 Å². The number of hydrogen-bond donors (Lipinski definition) is 2. The first-order chi connectivity index (χ1) is 8.78. The third-order valence-corrected chi connectivity index (χ3v) is 2.90. The van der Waals surface area contributed by atoms with Crippen molar-refractivity contribution >= 4 is 5.65 Å². The van der Waals surface area contributed by atoms with Gasteiger partial charge in [-0.1, -0.05) is 23.8 Å². The first-order valence-electron chi connectivity index (χ1n) is 5.89. The highest BCUT2D eigenvalue weighted by molar-refractivity contribution is 5.59. The number of nitrogens with one attached hydrogen (secondary N) is 1. The number of aliphatic hydroxyl groups excluding tert-OH is 1. The van der Waals surface area contributed by atoms with Crippen LogP contribution >= 0.6 is 0 Å². The molecule has 5 heteroatoms. The average Bonchev–Trinajstić information content (AvgIpc) is 2.88. The third-order valence-electron chi connectivity index (χ3n) is 2.90. The van der Waals surface area contributed by atoms with E-state index in [-0.39, 0.29) is 6.61 Å².